The van der Waals surface area contributed by atoms with Crippen molar-refractivity contribution in [3.05, 3.63) is 71.6 Å². The van der Waals surface area contributed by atoms with Crippen molar-refractivity contribution in [3.63, 3.8) is 0 Å². The third-order valence-electron chi connectivity index (χ3n) is 3.56. The Kier molecular flexibility index (Phi) is 3.00. The third kappa shape index (κ3) is 2.34. The number of carbonyl (C=O) groups excluding carboxylic acids is 1. The SMILES string of the molecule is Cc1cccc(C2CC(=O)C=C2c2ccncc2)c1. The number of ketones is 1. The molecule has 1 unspecified atom stereocenters. The highest BCUT2D eigenvalue weighted by atomic mass is 16.1. The van der Waals surface area contributed by atoms with Gasteiger partial charge in [0.15, 0.2) is 5.78 Å². The van der Waals surface area contributed by atoms with Crippen molar-refractivity contribution in [2.75, 3.05) is 0 Å². The van der Waals surface area contributed by atoms with Gasteiger partial charge >= 0.3 is 0 Å². The van der Waals surface area contributed by atoms with E-state index in [1.54, 1.807) is 18.5 Å². The summed E-state index contributed by atoms with van der Waals surface area (Å²) in [5, 5.41) is 0. The van der Waals surface area contributed by atoms with Crippen LogP contribution in [0.25, 0.3) is 5.57 Å². The fourth-order valence-electron chi connectivity index (χ4n) is 2.66. The molecular formula is C17H15NO. The fraction of sp³-hybridized carbons (Fsp3) is 0.176. The molecule has 1 aromatic heterocycles. The van der Waals surface area contributed by atoms with Crippen molar-refractivity contribution in [1.29, 1.82) is 0 Å². The van der Waals surface area contributed by atoms with Crippen LogP contribution < -0.4 is 0 Å². The molecule has 0 saturated carbocycles. The Labute approximate surface area is 112 Å². The van der Waals surface area contributed by atoms with E-state index in [9.17, 15) is 4.79 Å². The van der Waals surface area contributed by atoms with E-state index in [0.29, 0.717) is 6.42 Å². The predicted molar refractivity (Wildman–Crippen MR) is 75.8 cm³/mol. The molecule has 1 aliphatic carbocycles. The first kappa shape index (κ1) is 11.8. The zero-order chi connectivity index (χ0) is 13.2. The molecule has 1 heterocycles. The van der Waals surface area contributed by atoms with Crippen LogP contribution in [0.4, 0.5) is 0 Å². The topological polar surface area (TPSA) is 30.0 Å². The molecule has 2 heteroatoms. The molecule has 2 aromatic rings. The molecule has 1 aliphatic rings. The van der Waals surface area contributed by atoms with Crippen molar-refractivity contribution < 1.29 is 4.79 Å². The smallest absolute Gasteiger partial charge is 0.156 e. The van der Waals surface area contributed by atoms with Crippen molar-refractivity contribution in [1.82, 2.24) is 4.98 Å². The predicted octanol–water partition coefficient (Wildman–Crippen LogP) is 3.53. The number of hydrogen-bond acceptors (Lipinski definition) is 2. The average Bonchev–Trinajstić information content (AvgIpc) is 2.82. The maximum atomic E-state index is 11.8. The van der Waals surface area contributed by atoms with E-state index in [1.165, 1.54) is 11.1 Å². The lowest BCUT2D eigenvalue weighted by Gasteiger charge is -2.15. The van der Waals surface area contributed by atoms with E-state index in [0.717, 1.165) is 11.1 Å². The summed E-state index contributed by atoms with van der Waals surface area (Å²) < 4.78 is 0. The lowest BCUT2D eigenvalue weighted by atomic mass is 9.88. The molecule has 0 saturated heterocycles. The number of rotatable bonds is 2. The molecule has 0 fully saturated rings. The molecule has 19 heavy (non-hydrogen) atoms. The standard InChI is InChI=1S/C17H15NO/c1-12-3-2-4-14(9-12)17-11-15(19)10-16(17)13-5-7-18-8-6-13/h2-10,17H,11H2,1H3. The Morgan fingerprint density at radius 3 is 2.68 bits per heavy atom. The van der Waals surface area contributed by atoms with Gasteiger partial charge in [-0.3, -0.25) is 9.78 Å². The molecular weight excluding hydrogens is 234 g/mol. The summed E-state index contributed by atoms with van der Waals surface area (Å²) in [6, 6.07) is 12.3. The Morgan fingerprint density at radius 1 is 1.16 bits per heavy atom. The van der Waals surface area contributed by atoms with Crippen LogP contribution in [0.5, 0.6) is 0 Å². The Morgan fingerprint density at radius 2 is 1.95 bits per heavy atom. The molecule has 2 nitrogen and oxygen atoms in total. The summed E-state index contributed by atoms with van der Waals surface area (Å²) in [5.74, 6) is 0.383. The molecule has 0 amide bonds. The minimum atomic E-state index is 0.176. The minimum absolute atomic E-state index is 0.176. The molecule has 0 aliphatic heterocycles. The van der Waals surface area contributed by atoms with E-state index >= 15 is 0 Å². The van der Waals surface area contributed by atoms with Gasteiger partial charge in [0.25, 0.3) is 0 Å². The molecule has 0 bridgehead atoms. The van der Waals surface area contributed by atoms with Crippen LogP contribution in [0.3, 0.4) is 0 Å². The van der Waals surface area contributed by atoms with Crippen molar-refractivity contribution in [2.24, 2.45) is 0 Å². The molecule has 3 rings (SSSR count). The number of nitrogens with zero attached hydrogens (tertiary/aromatic N) is 1. The normalized spacial score (nSPS) is 18.5. The highest BCUT2D eigenvalue weighted by Gasteiger charge is 2.27. The van der Waals surface area contributed by atoms with Crippen LogP contribution in [-0.2, 0) is 4.79 Å². The van der Waals surface area contributed by atoms with Gasteiger partial charge < -0.3 is 0 Å². The first-order valence-electron chi connectivity index (χ1n) is 6.45. The summed E-state index contributed by atoms with van der Waals surface area (Å²) in [6.45, 7) is 2.08. The summed E-state index contributed by atoms with van der Waals surface area (Å²) in [4.78, 5) is 15.8. The fourth-order valence-corrected chi connectivity index (χ4v) is 2.66. The first-order chi connectivity index (χ1) is 9.24. The summed E-state index contributed by atoms with van der Waals surface area (Å²) in [5.41, 5.74) is 4.64. The number of aryl methyl sites for hydroxylation is 1. The average molecular weight is 249 g/mol. The van der Waals surface area contributed by atoms with Crippen LogP contribution in [0.1, 0.15) is 29.0 Å². The van der Waals surface area contributed by atoms with Crippen LogP contribution in [0.2, 0.25) is 0 Å². The number of pyridine rings is 1. The quantitative estimate of drug-likeness (QED) is 0.815. The van der Waals surface area contributed by atoms with Gasteiger partial charge in [0.05, 0.1) is 0 Å². The van der Waals surface area contributed by atoms with E-state index in [1.807, 2.05) is 12.1 Å². The van der Waals surface area contributed by atoms with Crippen LogP contribution in [0.15, 0.2) is 54.9 Å². The maximum absolute atomic E-state index is 11.8. The lowest BCUT2D eigenvalue weighted by molar-refractivity contribution is -0.114. The number of carbonyl (C=O) groups is 1. The van der Waals surface area contributed by atoms with Gasteiger partial charge in [-0.2, -0.15) is 0 Å². The molecule has 1 atom stereocenters. The van der Waals surface area contributed by atoms with Gasteiger partial charge in [-0.05, 0) is 41.8 Å². The van der Waals surface area contributed by atoms with Gasteiger partial charge in [0, 0.05) is 24.7 Å². The van der Waals surface area contributed by atoms with Crippen molar-refractivity contribution in [2.45, 2.75) is 19.3 Å². The van der Waals surface area contributed by atoms with Gasteiger partial charge in [-0.25, -0.2) is 0 Å². The summed E-state index contributed by atoms with van der Waals surface area (Å²) in [7, 11) is 0. The molecule has 0 spiro atoms. The summed E-state index contributed by atoms with van der Waals surface area (Å²) >= 11 is 0. The second-order valence-electron chi connectivity index (χ2n) is 4.97. The van der Waals surface area contributed by atoms with Gasteiger partial charge in [-0.1, -0.05) is 29.8 Å². The van der Waals surface area contributed by atoms with Crippen molar-refractivity contribution in [3.8, 4) is 0 Å². The van der Waals surface area contributed by atoms with Gasteiger partial charge in [0.1, 0.15) is 0 Å². The molecule has 0 N–H and O–H groups in total. The van der Waals surface area contributed by atoms with Gasteiger partial charge in [-0.15, -0.1) is 0 Å². The Bertz CT molecular complexity index is 643. The van der Waals surface area contributed by atoms with E-state index < -0.39 is 0 Å². The Balaban J connectivity index is 2.03. The second kappa shape index (κ2) is 4.81. The van der Waals surface area contributed by atoms with Gasteiger partial charge in [0.2, 0.25) is 0 Å². The number of hydrogen-bond donors (Lipinski definition) is 0. The minimum Gasteiger partial charge on any atom is -0.295 e. The van der Waals surface area contributed by atoms with Crippen LogP contribution >= 0.6 is 0 Å². The van der Waals surface area contributed by atoms with Crippen LogP contribution in [0, 0.1) is 6.92 Å². The zero-order valence-electron chi connectivity index (χ0n) is 10.8. The largest absolute Gasteiger partial charge is 0.295 e. The summed E-state index contributed by atoms with van der Waals surface area (Å²) in [6.07, 6.45) is 5.89. The Hall–Kier alpha value is -2.22. The van der Waals surface area contributed by atoms with E-state index in [2.05, 4.69) is 36.2 Å². The number of aromatic nitrogens is 1. The number of allylic oxidation sites excluding steroid dienone is 2. The zero-order valence-corrected chi connectivity index (χ0v) is 10.8. The molecule has 0 radical (unpaired) electrons. The van der Waals surface area contributed by atoms with E-state index in [-0.39, 0.29) is 11.7 Å². The van der Waals surface area contributed by atoms with Crippen molar-refractivity contribution >= 4 is 11.4 Å². The van der Waals surface area contributed by atoms with E-state index in [4.69, 9.17) is 0 Å². The lowest BCUT2D eigenvalue weighted by Crippen LogP contribution is -2.00. The monoisotopic (exact) mass is 249 g/mol. The third-order valence-corrected chi connectivity index (χ3v) is 3.56. The van der Waals surface area contributed by atoms with Crippen LogP contribution in [-0.4, -0.2) is 10.8 Å². The highest BCUT2D eigenvalue weighted by Crippen LogP contribution is 2.39. The number of benzene rings is 1. The second-order valence-corrected chi connectivity index (χ2v) is 4.97. The first-order valence-corrected chi connectivity index (χ1v) is 6.45. The highest BCUT2D eigenvalue weighted by molar-refractivity contribution is 6.04. The maximum Gasteiger partial charge on any atom is 0.156 e. The molecule has 94 valence electrons. The molecule has 1 aromatic carbocycles.